The van der Waals surface area contributed by atoms with Crippen molar-refractivity contribution in [3.05, 3.63) is 27.7 Å². The van der Waals surface area contributed by atoms with Gasteiger partial charge in [0, 0.05) is 9.50 Å². The Labute approximate surface area is 89.4 Å². The smallest absolute Gasteiger partial charge is 0.236 e. The summed E-state index contributed by atoms with van der Waals surface area (Å²) in [6.07, 6.45) is 0. The molecule has 1 rings (SSSR count). The second-order valence-electron chi connectivity index (χ2n) is 2.44. The third-order valence-electron chi connectivity index (χ3n) is 1.38. The third-order valence-corrected chi connectivity index (χ3v) is 2.31. The topological polar surface area (TPSA) is 55.1 Å². The van der Waals surface area contributed by atoms with Crippen molar-refractivity contribution in [1.82, 2.24) is 0 Å². The van der Waals surface area contributed by atoms with Crippen molar-refractivity contribution in [3.63, 3.8) is 0 Å². The average Bonchev–Trinajstić information content (AvgIpc) is 2.06. The molecule has 1 aromatic carbocycles. The minimum atomic E-state index is -0.410. The van der Waals surface area contributed by atoms with Crippen LogP contribution in [0.3, 0.4) is 0 Å². The summed E-state index contributed by atoms with van der Waals surface area (Å²) in [5.41, 5.74) is 5.73. The number of carbonyl (C=O) groups is 1. The molecule has 1 aromatic rings. The van der Waals surface area contributed by atoms with Crippen LogP contribution in [0.2, 0.25) is 5.02 Å². The normalized spacial score (nSPS) is 9.69. The number of nitrogens with one attached hydrogen (secondary N) is 1. The second kappa shape index (κ2) is 4.48. The summed E-state index contributed by atoms with van der Waals surface area (Å²) in [5.74, 6) is -0.410. The summed E-state index contributed by atoms with van der Waals surface area (Å²) in [5, 5.41) is 3.45. The standard InChI is InChI=1S/C8H8BrClN2O/c9-6-2-1-5(10)3-7(6)12-4-8(11)13/h1-3,12H,4H2,(H2,11,13). The molecule has 13 heavy (non-hydrogen) atoms. The van der Waals surface area contributed by atoms with E-state index in [1.165, 1.54) is 0 Å². The fraction of sp³-hybridized carbons (Fsp3) is 0.125. The highest BCUT2D eigenvalue weighted by Gasteiger charge is 2.01. The van der Waals surface area contributed by atoms with E-state index in [1.807, 2.05) is 0 Å². The number of halogens is 2. The number of anilines is 1. The molecule has 0 aromatic heterocycles. The van der Waals surface area contributed by atoms with Crippen LogP contribution in [0.4, 0.5) is 5.69 Å². The highest BCUT2D eigenvalue weighted by Crippen LogP contribution is 2.25. The van der Waals surface area contributed by atoms with Gasteiger partial charge >= 0.3 is 0 Å². The van der Waals surface area contributed by atoms with Crippen LogP contribution in [0.1, 0.15) is 0 Å². The molecule has 0 spiro atoms. The quantitative estimate of drug-likeness (QED) is 0.876. The predicted molar refractivity (Wildman–Crippen MR) is 56.8 cm³/mol. The van der Waals surface area contributed by atoms with Gasteiger partial charge in [0.1, 0.15) is 0 Å². The Morgan fingerprint density at radius 1 is 1.62 bits per heavy atom. The van der Waals surface area contributed by atoms with Gasteiger partial charge in [-0.1, -0.05) is 11.6 Å². The van der Waals surface area contributed by atoms with Crippen molar-refractivity contribution < 1.29 is 4.79 Å². The lowest BCUT2D eigenvalue weighted by molar-refractivity contribution is -0.116. The van der Waals surface area contributed by atoms with E-state index < -0.39 is 5.91 Å². The SMILES string of the molecule is NC(=O)CNc1cc(Cl)ccc1Br. The lowest BCUT2D eigenvalue weighted by Crippen LogP contribution is -2.21. The fourth-order valence-electron chi connectivity index (χ4n) is 0.815. The molecule has 0 radical (unpaired) electrons. The Balaban J connectivity index is 2.75. The van der Waals surface area contributed by atoms with Crippen molar-refractivity contribution in [3.8, 4) is 0 Å². The first-order valence-electron chi connectivity index (χ1n) is 3.57. The van der Waals surface area contributed by atoms with Gasteiger partial charge in [0.25, 0.3) is 0 Å². The van der Waals surface area contributed by atoms with Gasteiger partial charge in [-0.3, -0.25) is 4.79 Å². The molecule has 5 heteroatoms. The second-order valence-corrected chi connectivity index (χ2v) is 3.73. The lowest BCUT2D eigenvalue weighted by atomic mass is 10.3. The van der Waals surface area contributed by atoms with Crippen LogP contribution >= 0.6 is 27.5 Å². The summed E-state index contributed by atoms with van der Waals surface area (Å²) >= 11 is 9.06. The Morgan fingerprint density at radius 3 is 2.92 bits per heavy atom. The van der Waals surface area contributed by atoms with E-state index in [-0.39, 0.29) is 6.54 Å². The molecular weight excluding hydrogens is 255 g/mol. The summed E-state index contributed by atoms with van der Waals surface area (Å²) < 4.78 is 0.846. The number of amides is 1. The van der Waals surface area contributed by atoms with Crippen molar-refractivity contribution in [2.75, 3.05) is 11.9 Å². The maximum Gasteiger partial charge on any atom is 0.236 e. The zero-order valence-corrected chi connectivity index (χ0v) is 9.02. The first kappa shape index (κ1) is 10.3. The third kappa shape index (κ3) is 3.24. The van der Waals surface area contributed by atoms with Gasteiger partial charge in [-0.2, -0.15) is 0 Å². The maximum absolute atomic E-state index is 10.5. The lowest BCUT2D eigenvalue weighted by Gasteiger charge is -2.06. The number of hydrogen-bond donors (Lipinski definition) is 2. The van der Waals surface area contributed by atoms with E-state index in [9.17, 15) is 4.79 Å². The van der Waals surface area contributed by atoms with Crippen molar-refractivity contribution >= 4 is 39.1 Å². The number of rotatable bonds is 3. The largest absolute Gasteiger partial charge is 0.375 e. The highest BCUT2D eigenvalue weighted by molar-refractivity contribution is 9.10. The molecule has 0 aliphatic carbocycles. The first-order chi connectivity index (χ1) is 6.09. The summed E-state index contributed by atoms with van der Waals surface area (Å²) in [6.45, 7) is 0.0962. The van der Waals surface area contributed by atoms with E-state index >= 15 is 0 Å². The van der Waals surface area contributed by atoms with Crippen LogP contribution in [0, 0.1) is 0 Å². The van der Waals surface area contributed by atoms with Gasteiger partial charge in [-0.25, -0.2) is 0 Å². The number of hydrogen-bond acceptors (Lipinski definition) is 2. The van der Waals surface area contributed by atoms with Gasteiger partial charge in [-0.15, -0.1) is 0 Å². The van der Waals surface area contributed by atoms with Crippen LogP contribution in [-0.2, 0) is 4.79 Å². The molecule has 0 heterocycles. The van der Waals surface area contributed by atoms with Crippen LogP contribution in [0.25, 0.3) is 0 Å². The number of carbonyl (C=O) groups excluding carboxylic acids is 1. The molecule has 3 N–H and O–H groups in total. The predicted octanol–water partition coefficient (Wildman–Crippen LogP) is 2.00. The van der Waals surface area contributed by atoms with Crippen molar-refractivity contribution in [2.45, 2.75) is 0 Å². The Bertz CT molecular complexity index is 330. The Hall–Kier alpha value is -0.740. The average molecular weight is 264 g/mol. The molecular formula is C8H8BrClN2O. The van der Waals surface area contributed by atoms with Gasteiger partial charge in [-0.05, 0) is 34.1 Å². The van der Waals surface area contributed by atoms with Gasteiger partial charge in [0.15, 0.2) is 0 Å². The fourth-order valence-corrected chi connectivity index (χ4v) is 1.37. The first-order valence-corrected chi connectivity index (χ1v) is 4.74. The molecule has 0 saturated carbocycles. The van der Waals surface area contributed by atoms with Crippen LogP contribution in [-0.4, -0.2) is 12.5 Å². The van der Waals surface area contributed by atoms with Gasteiger partial charge in [0.2, 0.25) is 5.91 Å². The van der Waals surface area contributed by atoms with E-state index in [0.717, 1.165) is 10.2 Å². The van der Waals surface area contributed by atoms with Gasteiger partial charge in [0.05, 0.1) is 12.2 Å². The van der Waals surface area contributed by atoms with Crippen LogP contribution < -0.4 is 11.1 Å². The molecule has 1 amide bonds. The van der Waals surface area contributed by atoms with Crippen molar-refractivity contribution in [2.24, 2.45) is 5.73 Å². The number of primary amides is 1. The summed E-state index contributed by atoms with van der Waals surface area (Å²) in [7, 11) is 0. The van der Waals surface area contributed by atoms with Crippen LogP contribution in [0.15, 0.2) is 22.7 Å². The van der Waals surface area contributed by atoms with E-state index in [4.69, 9.17) is 17.3 Å². The zero-order chi connectivity index (χ0) is 9.84. The molecule has 70 valence electrons. The van der Waals surface area contributed by atoms with E-state index in [1.54, 1.807) is 18.2 Å². The number of nitrogens with two attached hydrogens (primary N) is 1. The maximum atomic E-state index is 10.5. The van der Waals surface area contributed by atoms with Gasteiger partial charge < -0.3 is 11.1 Å². The minimum Gasteiger partial charge on any atom is -0.375 e. The monoisotopic (exact) mass is 262 g/mol. The van der Waals surface area contributed by atoms with E-state index in [0.29, 0.717) is 5.02 Å². The molecule has 3 nitrogen and oxygen atoms in total. The zero-order valence-electron chi connectivity index (χ0n) is 6.68. The summed E-state index contributed by atoms with van der Waals surface area (Å²) in [6, 6.07) is 5.27. The highest BCUT2D eigenvalue weighted by atomic mass is 79.9. The Kier molecular flexibility index (Phi) is 3.57. The minimum absolute atomic E-state index is 0.0962. The van der Waals surface area contributed by atoms with E-state index in [2.05, 4.69) is 21.2 Å². The molecule has 0 fully saturated rings. The molecule has 0 bridgehead atoms. The molecule has 0 saturated heterocycles. The molecule has 0 unspecified atom stereocenters. The van der Waals surface area contributed by atoms with Crippen molar-refractivity contribution in [1.29, 1.82) is 0 Å². The molecule has 0 atom stereocenters. The molecule has 0 aliphatic heterocycles. The number of benzene rings is 1. The summed E-state index contributed by atoms with van der Waals surface area (Å²) in [4.78, 5) is 10.5. The molecule has 0 aliphatic rings. The Morgan fingerprint density at radius 2 is 2.31 bits per heavy atom. The van der Waals surface area contributed by atoms with Crippen LogP contribution in [0.5, 0.6) is 0 Å².